The maximum atomic E-state index is 10.6. The van der Waals surface area contributed by atoms with Gasteiger partial charge in [-0.15, -0.1) is 0 Å². The maximum absolute atomic E-state index is 10.6. The van der Waals surface area contributed by atoms with Crippen LogP contribution in [0.5, 0.6) is 0 Å². The summed E-state index contributed by atoms with van der Waals surface area (Å²) in [7, 11) is 0. The number of piperidine rings is 1. The second-order valence-corrected chi connectivity index (χ2v) is 10.9. The van der Waals surface area contributed by atoms with Gasteiger partial charge in [-0.25, -0.2) is 4.68 Å². The normalized spacial score (nSPS) is 15.9. The molecule has 5 N–H and O–H groups in total. The minimum atomic E-state index is -1.02. The molecule has 0 aliphatic carbocycles. The summed E-state index contributed by atoms with van der Waals surface area (Å²) in [6.07, 6.45) is 4.85. The zero-order chi connectivity index (χ0) is 27.1. The van der Waals surface area contributed by atoms with Gasteiger partial charge in [0, 0.05) is 37.9 Å². The van der Waals surface area contributed by atoms with E-state index in [1.165, 1.54) is 0 Å². The van der Waals surface area contributed by atoms with Crippen molar-refractivity contribution < 1.29 is 10.2 Å². The number of aliphatic hydroxyl groups is 2. The van der Waals surface area contributed by atoms with Gasteiger partial charge in [-0.1, -0.05) is 32.0 Å². The molecule has 0 unspecified atom stereocenters. The van der Waals surface area contributed by atoms with Crippen LogP contribution in [0.3, 0.4) is 0 Å². The number of aromatic nitrogens is 6. The van der Waals surface area contributed by atoms with Crippen molar-refractivity contribution in [2.45, 2.75) is 64.2 Å². The standard InChI is InChI=1S/C27H37N9O2/c1-18(2)20-16-30-36-23(20)31-25(34-13-10-27(38,17-28)11-14-34)32-24(36)29-15-19-7-5-6-8-21(19)35-12-9-22(33-35)26(3,4)37/h5-9,12,16,18,37-38H,10-11,13-15,17,28H2,1-4H3,(H,29,31,32). The van der Waals surface area contributed by atoms with Crippen LogP contribution < -0.4 is 16.0 Å². The molecule has 3 aromatic heterocycles. The van der Waals surface area contributed by atoms with E-state index < -0.39 is 11.2 Å². The molecule has 38 heavy (non-hydrogen) atoms. The van der Waals surface area contributed by atoms with Crippen molar-refractivity contribution in [3.63, 3.8) is 0 Å². The van der Waals surface area contributed by atoms with Gasteiger partial charge in [0.1, 0.15) is 5.60 Å². The van der Waals surface area contributed by atoms with Crippen LogP contribution in [0.15, 0.2) is 42.7 Å². The van der Waals surface area contributed by atoms with Gasteiger partial charge >= 0.3 is 0 Å². The van der Waals surface area contributed by atoms with Crippen molar-refractivity contribution in [2.24, 2.45) is 5.73 Å². The second kappa shape index (κ2) is 9.97. The van der Waals surface area contributed by atoms with Crippen molar-refractivity contribution >= 4 is 17.5 Å². The first-order valence-corrected chi connectivity index (χ1v) is 13.1. The Labute approximate surface area is 222 Å². The molecule has 1 fully saturated rings. The molecule has 11 heteroatoms. The molecule has 0 bridgehead atoms. The van der Waals surface area contributed by atoms with Gasteiger partial charge in [0.15, 0.2) is 5.65 Å². The van der Waals surface area contributed by atoms with Crippen LogP contribution in [-0.4, -0.2) is 64.8 Å². The van der Waals surface area contributed by atoms with Crippen LogP contribution in [0.1, 0.15) is 63.3 Å². The predicted molar refractivity (Wildman–Crippen MR) is 146 cm³/mol. The largest absolute Gasteiger partial charge is 0.388 e. The van der Waals surface area contributed by atoms with E-state index in [2.05, 4.69) is 34.3 Å². The van der Waals surface area contributed by atoms with Crippen molar-refractivity contribution in [1.29, 1.82) is 0 Å². The number of benzene rings is 1. The summed E-state index contributed by atoms with van der Waals surface area (Å²) in [5.74, 6) is 1.44. The number of anilines is 2. The molecule has 4 heterocycles. The lowest BCUT2D eigenvalue weighted by molar-refractivity contribution is 0.0247. The average Bonchev–Trinajstić information content (AvgIpc) is 3.56. The molecule has 1 saturated heterocycles. The third-order valence-corrected chi connectivity index (χ3v) is 7.25. The van der Waals surface area contributed by atoms with Crippen LogP contribution in [0.4, 0.5) is 11.9 Å². The Morgan fingerprint density at radius 3 is 2.53 bits per heavy atom. The fourth-order valence-corrected chi connectivity index (χ4v) is 4.72. The second-order valence-electron chi connectivity index (χ2n) is 10.9. The Morgan fingerprint density at radius 2 is 1.87 bits per heavy atom. The highest BCUT2D eigenvalue weighted by Gasteiger charge is 2.32. The molecule has 4 aromatic rings. The van der Waals surface area contributed by atoms with E-state index in [1.807, 2.05) is 42.7 Å². The molecule has 202 valence electrons. The molecule has 5 rings (SSSR count). The molecule has 0 atom stereocenters. The number of fused-ring (bicyclic) bond motifs is 1. The zero-order valence-electron chi connectivity index (χ0n) is 22.5. The van der Waals surface area contributed by atoms with Crippen LogP contribution in [0.25, 0.3) is 11.3 Å². The molecular weight excluding hydrogens is 482 g/mol. The van der Waals surface area contributed by atoms with E-state index in [9.17, 15) is 10.2 Å². The molecule has 0 amide bonds. The lowest BCUT2D eigenvalue weighted by atomic mass is 9.92. The topological polar surface area (TPSA) is 143 Å². The van der Waals surface area contributed by atoms with E-state index in [4.69, 9.17) is 15.7 Å². The Bertz CT molecular complexity index is 1410. The first kappa shape index (κ1) is 26.1. The number of nitrogens with one attached hydrogen (secondary N) is 1. The van der Waals surface area contributed by atoms with Crippen LogP contribution in [0.2, 0.25) is 0 Å². The quantitative estimate of drug-likeness (QED) is 0.276. The Balaban J connectivity index is 1.46. The Morgan fingerprint density at radius 1 is 1.13 bits per heavy atom. The summed E-state index contributed by atoms with van der Waals surface area (Å²) in [6.45, 7) is 9.66. The molecule has 1 aliphatic rings. The lowest BCUT2D eigenvalue weighted by Crippen LogP contribution is -2.49. The number of nitrogens with zero attached hydrogens (tertiary/aromatic N) is 7. The molecular formula is C27H37N9O2. The number of nitrogens with two attached hydrogens (primary N) is 1. The van der Waals surface area contributed by atoms with Gasteiger partial charge in [0.25, 0.3) is 0 Å². The monoisotopic (exact) mass is 519 g/mol. The highest BCUT2D eigenvalue weighted by Crippen LogP contribution is 2.28. The van der Waals surface area contributed by atoms with E-state index in [1.54, 1.807) is 23.0 Å². The van der Waals surface area contributed by atoms with E-state index in [0.717, 1.165) is 22.5 Å². The molecule has 1 aliphatic heterocycles. The predicted octanol–water partition coefficient (Wildman–Crippen LogP) is 2.56. The summed E-state index contributed by atoms with van der Waals surface area (Å²) < 4.78 is 3.53. The van der Waals surface area contributed by atoms with Crippen LogP contribution >= 0.6 is 0 Å². The first-order valence-electron chi connectivity index (χ1n) is 13.1. The molecule has 11 nitrogen and oxygen atoms in total. The molecule has 1 aromatic carbocycles. The van der Waals surface area contributed by atoms with E-state index in [-0.39, 0.29) is 12.5 Å². The summed E-state index contributed by atoms with van der Waals surface area (Å²) >= 11 is 0. The maximum Gasteiger partial charge on any atom is 0.230 e. The van der Waals surface area contributed by atoms with E-state index in [0.29, 0.717) is 50.1 Å². The Kier molecular flexibility index (Phi) is 6.84. The van der Waals surface area contributed by atoms with Crippen LogP contribution in [0, 0.1) is 0 Å². The molecule has 0 radical (unpaired) electrons. The summed E-state index contributed by atoms with van der Waals surface area (Å²) in [5.41, 5.74) is 8.26. The fourth-order valence-electron chi connectivity index (χ4n) is 4.72. The van der Waals surface area contributed by atoms with Gasteiger partial charge in [0.2, 0.25) is 11.9 Å². The fraction of sp³-hybridized carbons (Fsp3) is 0.481. The molecule has 0 spiro atoms. The van der Waals surface area contributed by atoms with Crippen molar-refractivity contribution in [1.82, 2.24) is 29.4 Å². The van der Waals surface area contributed by atoms with Gasteiger partial charge in [-0.3, -0.25) is 0 Å². The highest BCUT2D eigenvalue weighted by molar-refractivity contribution is 5.57. The summed E-state index contributed by atoms with van der Waals surface area (Å²) in [5, 5.41) is 33.6. The third kappa shape index (κ3) is 5.09. The molecule has 0 saturated carbocycles. The minimum Gasteiger partial charge on any atom is -0.388 e. The average molecular weight is 520 g/mol. The minimum absolute atomic E-state index is 0.248. The third-order valence-electron chi connectivity index (χ3n) is 7.25. The number of rotatable bonds is 8. The Hall–Kier alpha value is -3.54. The number of hydrogen-bond acceptors (Lipinski definition) is 9. The smallest absolute Gasteiger partial charge is 0.230 e. The van der Waals surface area contributed by atoms with Crippen molar-refractivity contribution in [2.75, 3.05) is 29.9 Å². The van der Waals surface area contributed by atoms with Crippen molar-refractivity contribution in [3.8, 4) is 5.69 Å². The highest BCUT2D eigenvalue weighted by atomic mass is 16.3. The van der Waals surface area contributed by atoms with Crippen LogP contribution in [-0.2, 0) is 12.1 Å². The van der Waals surface area contributed by atoms with Crippen molar-refractivity contribution in [3.05, 3.63) is 59.5 Å². The first-order chi connectivity index (χ1) is 18.1. The number of hydrogen-bond donors (Lipinski definition) is 4. The zero-order valence-corrected chi connectivity index (χ0v) is 22.5. The van der Waals surface area contributed by atoms with Gasteiger partial charge < -0.3 is 26.2 Å². The van der Waals surface area contributed by atoms with Gasteiger partial charge in [-0.2, -0.15) is 24.7 Å². The number of para-hydroxylation sites is 1. The lowest BCUT2D eigenvalue weighted by Gasteiger charge is -2.37. The van der Waals surface area contributed by atoms with E-state index >= 15 is 0 Å². The van der Waals surface area contributed by atoms with Gasteiger partial charge in [0.05, 0.1) is 23.2 Å². The SMILES string of the molecule is CC(C)c1cnn2c(NCc3ccccc3-n3ccc(C(C)(C)O)n3)nc(N3CCC(O)(CN)CC3)nc12. The summed E-state index contributed by atoms with van der Waals surface area (Å²) in [4.78, 5) is 11.8. The summed E-state index contributed by atoms with van der Waals surface area (Å²) in [6, 6.07) is 9.81. The van der Waals surface area contributed by atoms with Gasteiger partial charge in [-0.05, 0) is 50.3 Å².